The molecule has 0 saturated carbocycles. The average molecular weight is 272 g/mol. The Kier molecular flexibility index (Phi) is 4.53. The van der Waals surface area contributed by atoms with Gasteiger partial charge in [-0.2, -0.15) is 5.10 Å². The maximum Gasteiger partial charge on any atom is 0.251 e. The number of carbonyl (C=O) groups excluding carboxylic acids is 1. The Hall–Kier alpha value is -2.14. The summed E-state index contributed by atoms with van der Waals surface area (Å²) >= 11 is 0. The van der Waals surface area contributed by atoms with Crippen molar-refractivity contribution in [1.29, 1.82) is 0 Å². The molecule has 1 aromatic carbocycles. The van der Waals surface area contributed by atoms with Crippen molar-refractivity contribution in [3.8, 4) is 5.69 Å². The first-order valence-electron chi connectivity index (χ1n) is 6.77. The van der Waals surface area contributed by atoms with Gasteiger partial charge in [0, 0.05) is 12.7 Å². The third kappa shape index (κ3) is 3.24. The molecular weight excluding hydrogens is 252 g/mol. The van der Waals surface area contributed by atoms with Crippen LogP contribution in [0, 0.1) is 6.92 Å². The van der Waals surface area contributed by atoms with Gasteiger partial charge in [-0.1, -0.05) is 19.1 Å². The summed E-state index contributed by atoms with van der Waals surface area (Å²) in [7, 11) is 0. The maximum absolute atomic E-state index is 11.1. The molecule has 1 aromatic heterocycles. The van der Waals surface area contributed by atoms with Gasteiger partial charge in [-0.25, -0.2) is 4.68 Å². The van der Waals surface area contributed by atoms with Crippen LogP contribution in [0.1, 0.15) is 34.8 Å². The third-order valence-corrected chi connectivity index (χ3v) is 3.14. The molecule has 3 N–H and O–H groups in total. The molecule has 2 aromatic rings. The molecule has 0 atom stereocenters. The molecule has 1 heterocycles. The number of hydrogen-bond acceptors (Lipinski definition) is 3. The Morgan fingerprint density at radius 1 is 1.45 bits per heavy atom. The van der Waals surface area contributed by atoms with Crippen molar-refractivity contribution < 1.29 is 4.79 Å². The summed E-state index contributed by atoms with van der Waals surface area (Å²) in [4.78, 5) is 11.1. The smallest absolute Gasteiger partial charge is 0.251 e. The summed E-state index contributed by atoms with van der Waals surface area (Å²) in [5.74, 6) is -0.463. The number of carbonyl (C=O) groups is 1. The van der Waals surface area contributed by atoms with Crippen LogP contribution in [0.15, 0.2) is 30.6 Å². The second-order valence-electron chi connectivity index (χ2n) is 4.84. The van der Waals surface area contributed by atoms with E-state index in [0.29, 0.717) is 5.56 Å². The molecule has 0 unspecified atom stereocenters. The van der Waals surface area contributed by atoms with Gasteiger partial charge in [-0.3, -0.25) is 4.79 Å². The highest BCUT2D eigenvalue weighted by molar-refractivity contribution is 5.92. The molecule has 0 aliphatic carbocycles. The topological polar surface area (TPSA) is 72.9 Å². The van der Waals surface area contributed by atoms with Gasteiger partial charge < -0.3 is 11.1 Å². The molecule has 5 heteroatoms. The van der Waals surface area contributed by atoms with Crippen LogP contribution < -0.4 is 11.1 Å². The van der Waals surface area contributed by atoms with E-state index in [1.165, 1.54) is 11.8 Å². The standard InChI is InChI=1S/C15H20N4O/c1-3-6-17-8-12-5-4-11(2)14(7-12)19-10-13(9-18-19)15(16)20/h4-5,7,9-10,17H,3,6,8H2,1-2H3,(H2,16,20). The van der Waals surface area contributed by atoms with Gasteiger partial charge in [0.05, 0.1) is 17.4 Å². The summed E-state index contributed by atoms with van der Waals surface area (Å²) in [6, 6.07) is 6.24. The molecule has 5 nitrogen and oxygen atoms in total. The minimum Gasteiger partial charge on any atom is -0.366 e. The van der Waals surface area contributed by atoms with Crippen LogP contribution in [0.25, 0.3) is 5.69 Å². The molecule has 0 fully saturated rings. The molecule has 0 aliphatic heterocycles. The number of amides is 1. The molecular formula is C15H20N4O. The van der Waals surface area contributed by atoms with Crippen molar-refractivity contribution in [2.75, 3.05) is 6.54 Å². The molecule has 0 bridgehead atoms. The minimum atomic E-state index is -0.463. The summed E-state index contributed by atoms with van der Waals surface area (Å²) in [5.41, 5.74) is 8.92. The van der Waals surface area contributed by atoms with Gasteiger partial charge in [0.2, 0.25) is 0 Å². The predicted molar refractivity (Wildman–Crippen MR) is 78.8 cm³/mol. The summed E-state index contributed by atoms with van der Waals surface area (Å²) in [6.07, 6.45) is 4.26. The average Bonchev–Trinajstić information content (AvgIpc) is 2.90. The summed E-state index contributed by atoms with van der Waals surface area (Å²) in [6.45, 7) is 5.98. The fourth-order valence-electron chi connectivity index (χ4n) is 2.00. The first kappa shape index (κ1) is 14.3. The monoisotopic (exact) mass is 272 g/mol. The molecule has 20 heavy (non-hydrogen) atoms. The van der Waals surface area contributed by atoms with Crippen molar-refractivity contribution in [1.82, 2.24) is 15.1 Å². The number of nitrogens with zero attached hydrogens (tertiary/aromatic N) is 2. The molecule has 0 saturated heterocycles. The zero-order chi connectivity index (χ0) is 14.5. The first-order chi connectivity index (χ1) is 9.61. The molecule has 0 aliphatic rings. The van der Waals surface area contributed by atoms with Crippen molar-refractivity contribution >= 4 is 5.91 Å². The van der Waals surface area contributed by atoms with Crippen molar-refractivity contribution in [2.24, 2.45) is 5.73 Å². The van der Waals surface area contributed by atoms with E-state index in [2.05, 4.69) is 35.5 Å². The Bertz CT molecular complexity index is 604. The van der Waals surface area contributed by atoms with Gasteiger partial charge >= 0.3 is 0 Å². The van der Waals surface area contributed by atoms with Gasteiger partial charge in [0.15, 0.2) is 0 Å². The van der Waals surface area contributed by atoms with Gasteiger partial charge in [-0.05, 0) is 37.1 Å². The number of rotatable bonds is 6. The van der Waals surface area contributed by atoms with E-state index in [1.54, 1.807) is 10.9 Å². The van der Waals surface area contributed by atoms with Crippen LogP contribution in [0.3, 0.4) is 0 Å². The van der Waals surface area contributed by atoms with E-state index in [4.69, 9.17) is 5.73 Å². The lowest BCUT2D eigenvalue weighted by Gasteiger charge is -2.09. The minimum absolute atomic E-state index is 0.416. The molecule has 106 valence electrons. The largest absolute Gasteiger partial charge is 0.366 e. The lowest BCUT2D eigenvalue weighted by Crippen LogP contribution is -2.14. The van der Waals surface area contributed by atoms with Crippen molar-refractivity contribution in [3.63, 3.8) is 0 Å². The number of hydrogen-bond donors (Lipinski definition) is 2. The van der Waals surface area contributed by atoms with E-state index < -0.39 is 5.91 Å². The van der Waals surface area contributed by atoms with Crippen LogP contribution in [-0.2, 0) is 6.54 Å². The fraction of sp³-hybridized carbons (Fsp3) is 0.333. The highest BCUT2D eigenvalue weighted by Gasteiger charge is 2.08. The van der Waals surface area contributed by atoms with Crippen LogP contribution in [0.5, 0.6) is 0 Å². The number of nitrogens with two attached hydrogens (primary N) is 1. The van der Waals surface area contributed by atoms with E-state index in [-0.39, 0.29) is 0 Å². The van der Waals surface area contributed by atoms with Crippen molar-refractivity contribution in [3.05, 3.63) is 47.3 Å². The van der Waals surface area contributed by atoms with Gasteiger partial charge in [-0.15, -0.1) is 0 Å². The van der Waals surface area contributed by atoms with E-state index >= 15 is 0 Å². The van der Waals surface area contributed by atoms with Gasteiger partial charge in [0.25, 0.3) is 5.91 Å². The fourth-order valence-corrected chi connectivity index (χ4v) is 2.00. The predicted octanol–water partition coefficient (Wildman–Crippen LogP) is 1.78. The highest BCUT2D eigenvalue weighted by atomic mass is 16.1. The SMILES string of the molecule is CCCNCc1ccc(C)c(-n2cc(C(N)=O)cn2)c1. The van der Waals surface area contributed by atoms with Crippen LogP contribution in [-0.4, -0.2) is 22.2 Å². The Morgan fingerprint density at radius 2 is 2.25 bits per heavy atom. The lowest BCUT2D eigenvalue weighted by molar-refractivity contribution is 0.100. The number of aromatic nitrogens is 2. The lowest BCUT2D eigenvalue weighted by atomic mass is 10.1. The van der Waals surface area contributed by atoms with E-state index in [1.807, 2.05) is 6.92 Å². The summed E-state index contributed by atoms with van der Waals surface area (Å²) in [5, 5.41) is 7.57. The maximum atomic E-state index is 11.1. The Morgan fingerprint density at radius 3 is 2.90 bits per heavy atom. The number of benzene rings is 1. The highest BCUT2D eigenvalue weighted by Crippen LogP contribution is 2.16. The van der Waals surface area contributed by atoms with E-state index in [9.17, 15) is 4.79 Å². The zero-order valence-corrected chi connectivity index (χ0v) is 11.9. The van der Waals surface area contributed by atoms with Crippen LogP contribution in [0.4, 0.5) is 0 Å². The first-order valence-corrected chi connectivity index (χ1v) is 6.77. The van der Waals surface area contributed by atoms with E-state index in [0.717, 1.165) is 30.8 Å². The quantitative estimate of drug-likeness (QED) is 0.787. The number of nitrogens with one attached hydrogen (secondary N) is 1. The third-order valence-electron chi connectivity index (χ3n) is 3.14. The second-order valence-corrected chi connectivity index (χ2v) is 4.84. The zero-order valence-electron chi connectivity index (χ0n) is 11.9. The Balaban J connectivity index is 2.25. The molecule has 1 amide bonds. The Labute approximate surface area is 118 Å². The molecule has 2 rings (SSSR count). The number of aryl methyl sites for hydroxylation is 1. The number of primary amides is 1. The van der Waals surface area contributed by atoms with Crippen LogP contribution >= 0.6 is 0 Å². The molecule has 0 spiro atoms. The normalized spacial score (nSPS) is 10.7. The summed E-state index contributed by atoms with van der Waals surface area (Å²) < 4.78 is 1.69. The second kappa shape index (κ2) is 6.34. The van der Waals surface area contributed by atoms with Crippen molar-refractivity contribution in [2.45, 2.75) is 26.8 Å². The molecule has 0 radical (unpaired) electrons. The van der Waals surface area contributed by atoms with Crippen LogP contribution in [0.2, 0.25) is 0 Å². The van der Waals surface area contributed by atoms with Gasteiger partial charge in [0.1, 0.15) is 0 Å².